The molecule has 0 saturated heterocycles. The van der Waals surface area contributed by atoms with Crippen molar-refractivity contribution >= 4 is 22.6 Å². The van der Waals surface area contributed by atoms with Gasteiger partial charge in [0.1, 0.15) is 6.61 Å². The summed E-state index contributed by atoms with van der Waals surface area (Å²) in [4.78, 5) is 13.6. The van der Waals surface area contributed by atoms with Gasteiger partial charge in [0.15, 0.2) is 0 Å². The van der Waals surface area contributed by atoms with Gasteiger partial charge in [0.05, 0.1) is 16.5 Å². The van der Waals surface area contributed by atoms with E-state index in [0.717, 1.165) is 11.1 Å². The number of hydrogen-bond donors (Lipinski definition) is 1. The molecule has 4 nitrogen and oxygen atoms in total. The maximum absolute atomic E-state index is 13.0. The van der Waals surface area contributed by atoms with E-state index < -0.39 is 16.9 Å². The summed E-state index contributed by atoms with van der Waals surface area (Å²) in [5.41, 5.74) is 2.15. The monoisotopic (exact) mass is 391 g/mol. The van der Waals surface area contributed by atoms with Gasteiger partial charge in [0, 0.05) is 9.80 Å². The Bertz CT molecular complexity index is 971. The van der Waals surface area contributed by atoms with E-state index in [1.165, 1.54) is 0 Å². The van der Waals surface area contributed by atoms with Crippen molar-refractivity contribution in [2.75, 3.05) is 0 Å². The molecule has 1 N–H and O–H groups in total. The number of carbonyl (C=O) groups excluding carboxylic acids is 1. The van der Waals surface area contributed by atoms with Crippen LogP contribution in [0.5, 0.6) is 0 Å². The number of ether oxygens (including phenoxy) is 1. The van der Waals surface area contributed by atoms with Gasteiger partial charge in [0.25, 0.3) is 0 Å². The lowest BCUT2D eigenvalue weighted by molar-refractivity contribution is 0.144. The number of benzene rings is 3. The number of rotatable bonds is 6. The molecule has 3 rings (SSSR count). The highest BCUT2D eigenvalue weighted by Gasteiger charge is 2.16. The molecule has 0 fully saturated rings. The lowest BCUT2D eigenvalue weighted by atomic mass is 10.1. The van der Waals surface area contributed by atoms with Gasteiger partial charge in [-0.2, -0.15) is 0 Å². The molecule has 0 bridgehead atoms. The topological polar surface area (TPSA) is 55.4 Å². The van der Waals surface area contributed by atoms with Crippen molar-refractivity contribution in [2.45, 2.75) is 18.4 Å². The van der Waals surface area contributed by atoms with Gasteiger partial charge in [-0.05, 0) is 30.2 Å². The fraction of sp³-hybridized carbons (Fsp3) is 0.0870. The first-order valence-electron chi connectivity index (χ1n) is 8.86. The van der Waals surface area contributed by atoms with Gasteiger partial charge in [-0.1, -0.05) is 78.9 Å². The van der Waals surface area contributed by atoms with E-state index in [2.05, 4.69) is 5.32 Å². The molecule has 0 heterocycles. The third-order valence-corrected chi connectivity index (χ3v) is 5.55. The molecule has 1 amide bonds. The van der Waals surface area contributed by atoms with E-state index in [1.807, 2.05) is 78.9 Å². The van der Waals surface area contributed by atoms with E-state index in [0.29, 0.717) is 15.5 Å². The van der Waals surface area contributed by atoms with E-state index in [1.54, 1.807) is 19.1 Å². The standard InChI is InChI=1S/C23H21NO3S/c1-18(28(26)21-15-9-4-10-16-21)22(20-13-7-3-8-14-20)24-23(25)27-17-19-11-5-2-6-12-19/h2-16H,17H2,1H3,(H,24,25)/b22-18+. The van der Waals surface area contributed by atoms with E-state index in [4.69, 9.17) is 4.74 Å². The van der Waals surface area contributed by atoms with Crippen LogP contribution in [-0.2, 0) is 22.1 Å². The molecule has 0 saturated carbocycles. The van der Waals surface area contributed by atoms with Crippen LogP contribution in [0.15, 0.2) is 101 Å². The summed E-state index contributed by atoms with van der Waals surface area (Å²) in [6.45, 7) is 1.92. The predicted octanol–water partition coefficient (Wildman–Crippen LogP) is 5.11. The van der Waals surface area contributed by atoms with Gasteiger partial charge in [-0.25, -0.2) is 9.00 Å². The Morgan fingerprint density at radius 1 is 0.857 bits per heavy atom. The van der Waals surface area contributed by atoms with Crippen molar-refractivity contribution in [1.82, 2.24) is 5.32 Å². The van der Waals surface area contributed by atoms with E-state index in [-0.39, 0.29) is 6.61 Å². The van der Waals surface area contributed by atoms with Crippen molar-refractivity contribution in [1.29, 1.82) is 0 Å². The first-order valence-corrected chi connectivity index (χ1v) is 10.0. The Balaban J connectivity index is 1.83. The van der Waals surface area contributed by atoms with Gasteiger partial charge in [-0.3, -0.25) is 5.32 Å². The number of nitrogens with one attached hydrogen (secondary N) is 1. The van der Waals surface area contributed by atoms with Crippen molar-refractivity contribution in [3.63, 3.8) is 0 Å². The van der Waals surface area contributed by atoms with Crippen LogP contribution in [0.4, 0.5) is 4.79 Å². The fourth-order valence-corrected chi connectivity index (χ4v) is 3.76. The summed E-state index contributed by atoms with van der Waals surface area (Å²) in [5, 5.41) is 2.78. The molecule has 1 unspecified atom stereocenters. The largest absolute Gasteiger partial charge is 0.444 e. The molecular formula is C23H21NO3S. The normalized spacial score (nSPS) is 12.6. The second-order valence-electron chi connectivity index (χ2n) is 6.07. The Labute approximate surface area is 167 Å². The van der Waals surface area contributed by atoms with Crippen LogP contribution in [0.25, 0.3) is 5.70 Å². The van der Waals surface area contributed by atoms with Crippen LogP contribution >= 0.6 is 0 Å². The van der Waals surface area contributed by atoms with Gasteiger partial charge in [0.2, 0.25) is 0 Å². The van der Waals surface area contributed by atoms with Crippen LogP contribution in [0.1, 0.15) is 18.1 Å². The zero-order valence-corrected chi connectivity index (χ0v) is 16.3. The summed E-state index contributed by atoms with van der Waals surface area (Å²) < 4.78 is 18.3. The molecule has 0 aliphatic carbocycles. The minimum absolute atomic E-state index is 0.162. The first kappa shape index (κ1) is 19.6. The van der Waals surface area contributed by atoms with Crippen LogP contribution in [0.3, 0.4) is 0 Å². The molecule has 0 radical (unpaired) electrons. The predicted molar refractivity (Wildman–Crippen MR) is 112 cm³/mol. The van der Waals surface area contributed by atoms with Crippen LogP contribution in [0.2, 0.25) is 0 Å². The fourth-order valence-electron chi connectivity index (χ4n) is 2.64. The maximum Gasteiger partial charge on any atom is 0.412 e. The second kappa shape index (κ2) is 9.67. The molecule has 1 atom stereocenters. The SMILES string of the molecule is C/C(=C(\NC(=O)OCc1ccccc1)c1ccccc1)S(=O)c1ccccc1. The number of carbonyl (C=O) groups is 1. The molecule has 3 aromatic rings. The van der Waals surface area contributed by atoms with E-state index in [9.17, 15) is 9.00 Å². The average Bonchev–Trinajstić information content (AvgIpc) is 2.77. The highest BCUT2D eigenvalue weighted by molar-refractivity contribution is 7.89. The Morgan fingerprint density at radius 2 is 1.39 bits per heavy atom. The molecular weight excluding hydrogens is 370 g/mol. The first-order chi connectivity index (χ1) is 13.6. The Hall–Kier alpha value is -3.18. The lowest BCUT2D eigenvalue weighted by Gasteiger charge is -2.14. The Morgan fingerprint density at radius 3 is 2.00 bits per heavy atom. The number of hydrogen-bond acceptors (Lipinski definition) is 3. The molecule has 0 aliphatic rings. The summed E-state index contributed by atoms with van der Waals surface area (Å²) in [6.07, 6.45) is -0.591. The third-order valence-electron chi connectivity index (χ3n) is 4.09. The van der Waals surface area contributed by atoms with Gasteiger partial charge < -0.3 is 4.74 Å². The van der Waals surface area contributed by atoms with Crippen molar-refractivity contribution in [3.8, 4) is 0 Å². The summed E-state index contributed by atoms with van der Waals surface area (Å²) >= 11 is 0. The van der Waals surface area contributed by atoms with Crippen LogP contribution < -0.4 is 5.32 Å². The molecule has 28 heavy (non-hydrogen) atoms. The average molecular weight is 391 g/mol. The zero-order valence-electron chi connectivity index (χ0n) is 15.5. The lowest BCUT2D eigenvalue weighted by Crippen LogP contribution is -2.24. The third kappa shape index (κ3) is 5.18. The Kier molecular flexibility index (Phi) is 6.76. The molecule has 0 aliphatic heterocycles. The summed E-state index contributed by atoms with van der Waals surface area (Å²) in [7, 11) is -1.41. The van der Waals surface area contributed by atoms with Crippen molar-refractivity contribution < 1.29 is 13.7 Å². The number of allylic oxidation sites excluding steroid dienone is 1. The number of alkyl carbamates (subject to hydrolysis) is 1. The van der Waals surface area contributed by atoms with Crippen LogP contribution in [-0.4, -0.2) is 10.3 Å². The molecule has 0 spiro atoms. The zero-order chi connectivity index (χ0) is 19.8. The summed E-state index contributed by atoms with van der Waals surface area (Å²) in [5.74, 6) is 0. The van der Waals surface area contributed by atoms with E-state index >= 15 is 0 Å². The smallest absolute Gasteiger partial charge is 0.412 e. The highest BCUT2D eigenvalue weighted by Crippen LogP contribution is 2.22. The second-order valence-corrected chi connectivity index (χ2v) is 7.69. The molecule has 142 valence electrons. The van der Waals surface area contributed by atoms with Gasteiger partial charge in [-0.15, -0.1) is 0 Å². The minimum Gasteiger partial charge on any atom is -0.444 e. The van der Waals surface area contributed by atoms with Crippen molar-refractivity contribution in [2.24, 2.45) is 0 Å². The van der Waals surface area contributed by atoms with Gasteiger partial charge >= 0.3 is 6.09 Å². The van der Waals surface area contributed by atoms with Crippen LogP contribution in [0, 0.1) is 0 Å². The number of amides is 1. The summed E-state index contributed by atoms with van der Waals surface area (Å²) in [6, 6.07) is 27.9. The highest BCUT2D eigenvalue weighted by atomic mass is 32.2. The minimum atomic E-state index is -1.41. The molecule has 0 aromatic heterocycles. The quantitative estimate of drug-likeness (QED) is 0.635. The maximum atomic E-state index is 13.0. The van der Waals surface area contributed by atoms with Crippen molar-refractivity contribution in [3.05, 3.63) is 107 Å². The molecule has 5 heteroatoms. The molecule has 3 aromatic carbocycles.